The van der Waals surface area contributed by atoms with Gasteiger partial charge < -0.3 is 19.5 Å². The van der Waals surface area contributed by atoms with E-state index in [-0.39, 0.29) is 40.8 Å². The number of carbonyl (C=O) groups is 1. The van der Waals surface area contributed by atoms with E-state index in [1.165, 1.54) is 38.1 Å². The standard InChI is InChI=1S/C19H20F2N2O6/c1-10(2)9-27-19(24)29-17-12(4)22-11(3)16(23(25)26)15(17)13-7-5-6-8-14(13)28-18(20)21/h5-8,15,18,22H,1,9H2,2-4H3. The number of benzene rings is 1. The molecule has 8 nitrogen and oxygen atoms in total. The lowest BCUT2D eigenvalue weighted by Gasteiger charge is -2.27. The van der Waals surface area contributed by atoms with E-state index in [1.807, 2.05) is 0 Å². The minimum absolute atomic E-state index is 0.0439. The summed E-state index contributed by atoms with van der Waals surface area (Å²) in [6.07, 6.45) is -1.11. The van der Waals surface area contributed by atoms with Crippen molar-refractivity contribution in [1.29, 1.82) is 0 Å². The molecule has 1 aromatic rings. The number of nitrogens with zero attached hydrogens (tertiary/aromatic N) is 1. The average Bonchev–Trinajstić information content (AvgIpc) is 2.61. The highest BCUT2D eigenvalue weighted by Gasteiger charge is 2.41. The van der Waals surface area contributed by atoms with Crippen LogP contribution >= 0.6 is 0 Å². The Balaban J connectivity index is 2.54. The fourth-order valence-corrected chi connectivity index (χ4v) is 2.85. The van der Waals surface area contributed by atoms with Gasteiger partial charge in [-0.25, -0.2) is 4.79 Å². The SMILES string of the molecule is C=C(C)COC(=O)OC1=C(C)NC(C)=C([N+](=O)[O-])C1c1ccccc1OC(F)F. The predicted molar refractivity (Wildman–Crippen MR) is 98.6 cm³/mol. The first-order valence-corrected chi connectivity index (χ1v) is 8.47. The van der Waals surface area contributed by atoms with Crippen LogP contribution in [0, 0.1) is 10.1 Å². The number of allylic oxidation sites excluding steroid dienone is 2. The number of ether oxygens (including phenoxy) is 3. The molecule has 0 saturated carbocycles. The number of halogens is 2. The molecule has 0 amide bonds. The van der Waals surface area contributed by atoms with Crippen LogP contribution in [-0.4, -0.2) is 24.3 Å². The number of nitrogens with one attached hydrogen (secondary N) is 1. The summed E-state index contributed by atoms with van der Waals surface area (Å²) in [6.45, 7) is 4.98. The third kappa shape index (κ3) is 5.31. The number of dihydropyridines is 1. The van der Waals surface area contributed by atoms with Crippen molar-refractivity contribution in [3.05, 3.63) is 74.9 Å². The first-order chi connectivity index (χ1) is 13.6. The van der Waals surface area contributed by atoms with Crippen molar-refractivity contribution in [3.63, 3.8) is 0 Å². The van der Waals surface area contributed by atoms with Crippen molar-refractivity contribution in [2.75, 3.05) is 6.61 Å². The summed E-state index contributed by atoms with van der Waals surface area (Å²) in [4.78, 5) is 23.2. The molecule has 0 bridgehead atoms. The molecule has 1 atom stereocenters. The molecule has 0 spiro atoms. The molecule has 10 heteroatoms. The molecule has 1 aromatic carbocycles. The summed E-state index contributed by atoms with van der Waals surface area (Å²) in [6, 6.07) is 5.60. The zero-order chi connectivity index (χ0) is 21.7. The van der Waals surface area contributed by atoms with Gasteiger partial charge in [0.2, 0.25) is 0 Å². The molecule has 0 fully saturated rings. The molecule has 156 valence electrons. The second-order valence-corrected chi connectivity index (χ2v) is 6.33. The number of carbonyl (C=O) groups excluding carboxylic acids is 1. The third-order valence-corrected chi connectivity index (χ3v) is 3.94. The smallest absolute Gasteiger partial charge is 0.435 e. The number of rotatable bonds is 7. The van der Waals surface area contributed by atoms with Gasteiger partial charge in [0.15, 0.2) is 0 Å². The van der Waals surface area contributed by atoms with Gasteiger partial charge in [0.05, 0.1) is 16.3 Å². The van der Waals surface area contributed by atoms with E-state index in [0.29, 0.717) is 5.57 Å². The molecule has 29 heavy (non-hydrogen) atoms. The van der Waals surface area contributed by atoms with Crippen molar-refractivity contribution in [1.82, 2.24) is 5.32 Å². The molecule has 0 aromatic heterocycles. The van der Waals surface area contributed by atoms with Crippen molar-refractivity contribution >= 4 is 6.16 Å². The predicted octanol–water partition coefficient (Wildman–Crippen LogP) is 4.44. The number of para-hydroxylation sites is 1. The minimum Gasteiger partial charge on any atom is -0.435 e. The molecule has 1 unspecified atom stereocenters. The Kier molecular flexibility index (Phi) is 6.92. The molecule has 0 aliphatic carbocycles. The Hall–Kier alpha value is -3.43. The van der Waals surface area contributed by atoms with Crippen LogP contribution < -0.4 is 10.1 Å². The summed E-state index contributed by atoms with van der Waals surface area (Å²) in [5, 5.41) is 14.5. The number of alkyl halides is 2. The Morgan fingerprint density at radius 2 is 1.97 bits per heavy atom. The average molecular weight is 410 g/mol. The van der Waals surface area contributed by atoms with Gasteiger partial charge in [-0.15, -0.1) is 0 Å². The van der Waals surface area contributed by atoms with E-state index in [0.717, 1.165) is 0 Å². The van der Waals surface area contributed by atoms with Gasteiger partial charge in [-0.05, 0) is 32.4 Å². The monoisotopic (exact) mass is 410 g/mol. The highest BCUT2D eigenvalue weighted by Crippen LogP contribution is 2.42. The normalized spacial score (nSPS) is 16.4. The number of hydrogen-bond donors (Lipinski definition) is 1. The van der Waals surface area contributed by atoms with Crippen molar-refractivity contribution in [2.24, 2.45) is 0 Å². The molecule has 1 heterocycles. The minimum atomic E-state index is -3.14. The first kappa shape index (κ1) is 21.9. The van der Waals surface area contributed by atoms with Crippen LogP contribution in [0.15, 0.2) is 59.3 Å². The number of hydrogen-bond acceptors (Lipinski definition) is 7. The second kappa shape index (κ2) is 9.18. The molecular formula is C19H20F2N2O6. The summed E-state index contributed by atoms with van der Waals surface area (Å²) in [7, 11) is 0. The summed E-state index contributed by atoms with van der Waals surface area (Å²) in [5.74, 6) is -1.70. The lowest BCUT2D eigenvalue weighted by Crippen LogP contribution is -2.30. The van der Waals surface area contributed by atoms with Crippen LogP contribution in [0.1, 0.15) is 32.3 Å². The number of nitro groups is 1. The van der Waals surface area contributed by atoms with Crippen LogP contribution in [-0.2, 0) is 9.47 Å². The van der Waals surface area contributed by atoms with Crippen LogP contribution in [0.3, 0.4) is 0 Å². The maximum atomic E-state index is 12.9. The molecular weight excluding hydrogens is 390 g/mol. The van der Waals surface area contributed by atoms with Crippen LogP contribution in [0.2, 0.25) is 0 Å². The van der Waals surface area contributed by atoms with E-state index in [1.54, 1.807) is 6.92 Å². The Morgan fingerprint density at radius 1 is 1.31 bits per heavy atom. The third-order valence-electron chi connectivity index (χ3n) is 3.94. The fraction of sp³-hybridized carbons (Fsp3) is 0.316. The maximum Gasteiger partial charge on any atom is 0.513 e. The van der Waals surface area contributed by atoms with Gasteiger partial charge in [-0.3, -0.25) is 10.1 Å². The lowest BCUT2D eigenvalue weighted by atomic mass is 9.89. The van der Waals surface area contributed by atoms with Gasteiger partial charge in [0.1, 0.15) is 24.0 Å². The van der Waals surface area contributed by atoms with Crippen LogP contribution in [0.25, 0.3) is 0 Å². The summed E-state index contributed by atoms with van der Waals surface area (Å²) in [5.41, 5.74) is 0.693. The molecule has 2 rings (SSSR count). The molecule has 0 radical (unpaired) electrons. The second-order valence-electron chi connectivity index (χ2n) is 6.33. The topological polar surface area (TPSA) is 99.9 Å². The van der Waals surface area contributed by atoms with Gasteiger partial charge in [0.25, 0.3) is 5.70 Å². The van der Waals surface area contributed by atoms with Crippen molar-refractivity contribution in [2.45, 2.75) is 33.3 Å². The fourth-order valence-electron chi connectivity index (χ4n) is 2.85. The molecule has 1 N–H and O–H groups in total. The Morgan fingerprint density at radius 3 is 2.55 bits per heavy atom. The van der Waals surface area contributed by atoms with Crippen molar-refractivity contribution < 1.29 is 32.7 Å². The lowest BCUT2D eigenvalue weighted by molar-refractivity contribution is -0.431. The van der Waals surface area contributed by atoms with Gasteiger partial charge in [-0.1, -0.05) is 24.8 Å². The van der Waals surface area contributed by atoms with E-state index in [4.69, 9.17) is 9.47 Å². The quantitative estimate of drug-likeness (QED) is 0.307. The van der Waals surface area contributed by atoms with Gasteiger partial charge in [-0.2, -0.15) is 8.78 Å². The van der Waals surface area contributed by atoms with Crippen LogP contribution in [0.4, 0.5) is 13.6 Å². The highest BCUT2D eigenvalue weighted by molar-refractivity contribution is 5.63. The Labute approximate surface area is 165 Å². The van der Waals surface area contributed by atoms with E-state index >= 15 is 0 Å². The summed E-state index contributed by atoms with van der Waals surface area (Å²) < 4.78 is 40.4. The zero-order valence-corrected chi connectivity index (χ0v) is 16.0. The van der Waals surface area contributed by atoms with Gasteiger partial charge in [0, 0.05) is 5.56 Å². The molecule has 1 aliphatic heterocycles. The molecule has 0 saturated heterocycles. The Bertz CT molecular complexity index is 894. The van der Waals surface area contributed by atoms with Gasteiger partial charge >= 0.3 is 12.8 Å². The zero-order valence-electron chi connectivity index (χ0n) is 16.0. The van der Waals surface area contributed by atoms with E-state index in [9.17, 15) is 23.7 Å². The highest BCUT2D eigenvalue weighted by atomic mass is 19.3. The first-order valence-electron chi connectivity index (χ1n) is 8.47. The largest absolute Gasteiger partial charge is 0.513 e. The maximum absolute atomic E-state index is 12.9. The molecule has 1 aliphatic rings. The van der Waals surface area contributed by atoms with E-state index < -0.39 is 23.6 Å². The van der Waals surface area contributed by atoms with Crippen molar-refractivity contribution in [3.8, 4) is 5.75 Å². The summed E-state index contributed by atoms with van der Waals surface area (Å²) >= 11 is 0. The van der Waals surface area contributed by atoms with Crippen LogP contribution in [0.5, 0.6) is 5.75 Å². The van der Waals surface area contributed by atoms with E-state index in [2.05, 4.69) is 16.6 Å².